The molecule has 0 saturated carbocycles. The van der Waals surface area contributed by atoms with E-state index in [4.69, 9.17) is 0 Å². The van der Waals surface area contributed by atoms with Crippen LogP contribution in [0.5, 0.6) is 0 Å². The quantitative estimate of drug-likeness (QED) is 0.507. The number of hydrogen-bond donors (Lipinski definition) is 1. The van der Waals surface area contributed by atoms with Crippen molar-refractivity contribution in [1.29, 1.82) is 0 Å². The number of likely N-dealkylation sites (tertiary alicyclic amines) is 1. The highest BCUT2D eigenvalue weighted by atomic mass is 16.1. The third-order valence-electron chi connectivity index (χ3n) is 7.23. The Bertz CT molecular complexity index is 1130. The van der Waals surface area contributed by atoms with Gasteiger partial charge in [-0.1, -0.05) is 84.9 Å². The number of rotatable bonds is 7. The number of hydrogen-bond acceptors (Lipinski definition) is 2. The summed E-state index contributed by atoms with van der Waals surface area (Å²) in [5, 5.41) is 3.10. The van der Waals surface area contributed by atoms with Crippen LogP contribution in [0, 0.1) is 0 Å². The summed E-state index contributed by atoms with van der Waals surface area (Å²) in [6.45, 7) is 3.79. The first-order chi connectivity index (χ1) is 16.2. The first kappa shape index (κ1) is 21.7. The highest BCUT2D eigenvalue weighted by molar-refractivity contribution is 5.76. The summed E-state index contributed by atoms with van der Waals surface area (Å²) in [6, 6.07) is 27.6. The highest BCUT2D eigenvalue weighted by Gasteiger charge is 2.37. The molecule has 5 rings (SSSR count). The molecule has 1 heterocycles. The second kappa shape index (κ2) is 9.76. The molecule has 1 aliphatic carbocycles. The van der Waals surface area contributed by atoms with Gasteiger partial charge in [0.15, 0.2) is 0 Å². The molecule has 1 spiro atoms. The lowest BCUT2D eigenvalue weighted by Crippen LogP contribution is -2.41. The first-order valence-corrected chi connectivity index (χ1v) is 12.1. The van der Waals surface area contributed by atoms with Gasteiger partial charge < -0.3 is 10.2 Å². The van der Waals surface area contributed by atoms with E-state index < -0.39 is 0 Å². The molecule has 33 heavy (non-hydrogen) atoms. The minimum atomic E-state index is 0.140. The minimum absolute atomic E-state index is 0.140. The fraction of sp³-hybridized carbons (Fsp3) is 0.300. The third kappa shape index (κ3) is 4.94. The summed E-state index contributed by atoms with van der Waals surface area (Å²) in [5.41, 5.74) is 6.64. The maximum atomic E-state index is 12.4. The number of nitrogens with zero attached hydrogens (tertiary/aromatic N) is 1. The molecule has 0 unspecified atom stereocenters. The van der Waals surface area contributed by atoms with E-state index in [-0.39, 0.29) is 11.3 Å². The molecule has 1 saturated heterocycles. The maximum absolute atomic E-state index is 12.4. The smallest absolute Gasteiger partial charge is 0.220 e. The van der Waals surface area contributed by atoms with Gasteiger partial charge in [-0.3, -0.25) is 4.79 Å². The fourth-order valence-corrected chi connectivity index (χ4v) is 5.29. The monoisotopic (exact) mass is 436 g/mol. The Balaban J connectivity index is 1.05. The second-order valence-corrected chi connectivity index (χ2v) is 9.37. The number of allylic oxidation sites excluding steroid dienone is 1. The van der Waals surface area contributed by atoms with Crippen molar-refractivity contribution in [3.63, 3.8) is 0 Å². The summed E-state index contributed by atoms with van der Waals surface area (Å²) in [4.78, 5) is 14.9. The molecule has 3 heteroatoms. The van der Waals surface area contributed by atoms with Crippen molar-refractivity contribution in [1.82, 2.24) is 10.2 Å². The number of carbonyl (C=O) groups excluding carboxylic acids is 1. The van der Waals surface area contributed by atoms with Crippen LogP contribution in [-0.4, -0.2) is 30.4 Å². The average Bonchev–Trinajstić information content (AvgIpc) is 3.23. The Morgan fingerprint density at radius 1 is 0.879 bits per heavy atom. The van der Waals surface area contributed by atoms with Crippen molar-refractivity contribution < 1.29 is 4.79 Å². The van der Waals surface area contributed by atoms with Crippen molar-refractivity contribution in [3.8, 4) is 11.1 Å². The lowest BCUT2D eigenvalue weighted by Gasteiger charge is -2.39. The summed E-state index contributed by atoms with van der Waals surface area (Å²) < 4.78 is 0. The van der Waals surface area contributed by atoms with Crippen molar-refractivity contribution in [2.24, 2.45) is 0 Å². The first-order valence-electron chi connectivity index (χ1n) is 12.1. The fourth-order valence-electron chi connectivity index (χ4n) is 5.29. The molecular weight excluding hydrogens is 404 g/mol. The Hall–Kier alpha value is -3.17. The molecule has 1 amide bonds. The summed E-state index contributed by atoms with van der Waals surface area (Å²) in [7, 11) is 0. The van der Waals surface area contributed by atoms with Gasteiger partial charge in [0.1, 0.15) is 0 Å². The van der Waals surface area contributed by atoms with Crippen LogP contribution in [-0.2, 0) is 16.8 Å². The van der Waals surface area contributed by atoms with Gasteiger partial charge in [-0.2, -0.15) is 0 Å². The predicted octanol–water partition coefficient (Wildman–Crippen LogP) is 5.81. The molecule has 0 bridgehead atoms. The van der Waals surface area contributed by atoms with E-state index in [9.17, 15) is 4.79 Å². The standard InChI is InChI=1S/C30H32N2O/c33-29(31-23-24-8-6-12-27(22-24)25-9-2-1-3-10-25)14-7-19-32-20-17-30(18-21-32)16-15-26-11-4-5-13-28(26)30/h1-6,8-13,15-16,22H,7,14,17-21,23H2,(H,31,33). The van der Waals surface area contributed by atoms with Crippen LogP contribution in [0.3, 0.4) is 0 Å². The van der Waals surface area contributed by atoms with Crippen molar-refractivity contribution in [2.45, 2.75) is 37.6 Å². The molecule has 1 aliphatic heterocycles. The van der Waals surface area contributed by atoms with Gasteiger partial charge in [0.05, 0.1) is 0 Å². The molecular formula is C30H32N2O. The molecule has 3 aromatic rings. The number of amides is 1. The molecule has 0 atom stereocenters. The SMILES string of the molecule is O=C(CCCN1CCC2(C=Cc3ccccc32)CC1)NCc1cccc(-c2ccccc2)c1. The Kier molecular flexibility index (Phi) is 6.41. The number of piperidine rings is 1. The summed E-state index contributed by atoms with van der Waals surface area (Å²) in [5.74, 6) is 0.140. The minimum Gasteiger partial charge on any atom is -0.352 e. The molecule has 3 aromatic carbocycles. The van der Waals surface area contributed by atoms with Gasteiger partial charge in [-0.05, 0) is 72.8 Å². The molecule has 3 nitrogen and oxygen atoms in total. The topological polar surface area (TPSA) is 32.3 Å². The van der Waals surface area contributed by atoms with Crippen molar-refractivity contribution in [2.75, 3.05) is 19.6 Å². The lowest BCUT2D eigenvalue weighted by molar-refractivity contribution is -0.121. The van der Waals surface area contributed by atoms with Gasteiger partial charge in [0.2, 0.25) is 5.91 Å². The van der Waals surface area contributed by atoms with Crippen LogP contribution in [0.1, 0.15) is 42.4 Å². The van der Waals surface area contributed by atoms with Gasteiger partial charge in [0.25, 0.3) is 0 Å². The zero-order chi connectivity index (χ0) is 22.5. The van der Waals surface area contributed by atoms with Crippen LogP contribution in [0.15, 0.2) is 84.9 Å². The van der Waals surface area contributed by atoms with Crippen LogP contribution in [0.2, 0.25) is 0 Å². The van der Waals surface area contributed by atoms with Crippen LogP contribution < -0.4 is 5.32 Å². The molecule has 1 fully saturated rings. The van der Waals surface area contributed by atoms with Crippen molar-refractivity contribution >= 4 is 12.0 Å². The predicted molar refractivity (Wildman–Crippen MR) is 136 cm³/mol. The van der Waals surface area contributed by atoms with Gasteiger partial charge >= 0.3 is 0 Å². The molecule has 0 radical (unpaired) electrons. The Morgan fingerprint density at radius 2 is 1.64 bits per heavy atom. The Labute approximate surface area is 197 Å². The zero-order valence-corrected chi connectivity index (χ0v) is 19.2. The number of carbonyl (C=O) groups is 1. The van der Waals surface area contributed by atoms with Gasteiger partial charge in [0, 0.05) is 18.4 Å². The van der Waals surface area contributed by atoms with E-state index in [2.05, 4.69) is 95.2 Å². The molecule has 2 aliphatic rings. The molecule has 0 aromatic heterocycles. The molecule has 1 N–H and O–H groups in total. The normalized spacial score (nSPS) is 16.6. The third-order valence-corrected chi connectivity index (χ3v) is 7.23. The van der Waals surface area contributed by atoms with E-state index in [0.29, 0.717) is 13.0 Å². The molecule has 168 valence electrons. The average molecular weight is 437 g/mol. The van der Waals surface area contributed by atoms with Crippen LogP contribution >= 0.6 is 0 Å². The van der Waals surface area contributed by atoms with E-state index in [1.54, 1.807) is 0 Å². The van der Waals surface area contributed by atoms with Crippen molar-refractivity contribution in [3.05, 3.63) is 102 Å². The number of nitrogens with one attached hydrogen (secondary N) is 1. The van der Waals surface area contributed by atoms with Gasteiger partial charge in [-0.15, -0.1) is 0 Å². The zero-order valence-electron chi connectivity index (χ0n) is 19.2. The van der Waals surface area contributed by atoms with E-state index in [1.165, 1.54) is 35.1 Å². The van der Waals surface area contributed by atoms with E-state index in [1.807, 2.05) is 6.07 Å². The Morgan fingerprint density at radius 3 is 2.48 bits per heavy atom. The van der Waals surface area contributed by atoms with Crippen LogP contribution in [0.25, 0.3) is 17.2 Å². The second-order valence-electron chi connectivity index (χ2n) is 9.37. The highest BCUT2D eigenvalue weighted by Crippen LogP contribution is 2.43. The van der Waals surface area contributed by atoms with Crippen LogP contribution in [0.4, 0.5) is 0 Å². The lowest BCUT2D eigenvalue weighted by atomic mass is 9.74. The summed E-state index contributed by atoms with van der Waals surface area (Å²) in [6.07, 6.45) is 8.56. The number of benzene rings is 3. The summed E-state index contributed by atoms with van der Waals surface area (Å²) >= 11 is 0. The largest absolute Gasteiger partial charge is 0.352 e. The van der Waals surface area contributed by atoms with E-state index in [0.717, 1.165) is 31.6 Å². The number of fused-ring (bicyclic) bond motifs is 2. The van der Waals surface area contributed by atoms with Gasteiger partial charge in [-0.25, -0.2) is 0 Å². The van der Waals surface area contributed by atoms with E-state index >= 15 is 0 Å². The maximum Gasteiger partial charge on any atom is 0.220 e.